The van der Waals surface area contributed by atoms with E-state index in [0.29, 0.717) is 0 Å². The Morgan fingerprint density at radius 1 is 0.426 bits per heavy atom. The lowest BCUT2D eigenvalue weighted by atomic mass is 10.1. The van der Waals surface area contributed by atoms with Crippen LogP contribution in [0.3, 0.4) is 0 Å². The van der Waals surface area contributed by atoms with E-state index in [1.165, 1.54) is 16.4 Å². The second kappa shape index (κ2) is 19.0. The molecule has 3 heterocycles. The van der Waals surface area contributed by atoms with Crippen molar-refractivity contribution >= 4 is 55.7 Å². The Morgan fingerprint density at radius 3 is 0.741 bits per heavy atom. The molecule has 3 rings (SSSR count). The van der Waals surface area contributed by atoms with E-state index in [1.54, 1.807) is 0 Å². The van der Waals surface area contributed by atoms with E-state index in [-0.39, 0.29) is 17.0 Å². The highest BCUT2D eigenvalue weighted by molar-refractivity contribution is 7.81. The molecule has 0 aromatic heterocycles. The first-order valence-electron chi connectivity index (χ1n) is 18.2. The molecule has 0 N–H and O–H groups in total. The Kier molecular flexibility index (Phi) is 17.7. The molecule has 0 aromatic carbocycles. The van der Waals surface area contributed by atoms with Gasteiger partial charge in [-0.1, -0.05) is 14.3 Å². The molecule has 3 fully saturated rings. The zero-order valence-electron chi connectivity index (χ0n) is 36.9. The summed E-state index contributed by atoms with van der Waals surface area (Å²) in [7, 11) is 33.3. The summed E-state index contributed by atoms with van der Waals surface area (Å²) in [6.45, 7) is 0. The average molecular weight is 850 g/mol. The molecule has 0 amide bonds. The molecule has 3 aliphatic rings. The van der Waals surface area contributed by atoms with Crippen LogP contribution in [0.15, 0.2) is 14.3 Å². The van der Waals surface area contributed by atoms with E-state index in [2.05, 4.69) is 189 Å². The predicted molar refractivity (Wildman–Crippen MR) is 234 cm³/mol. The van der Waals surface area contributed by atoms with Crippen LogP contribution < -0.4 is 0 Å². The maximum absolute atomic E-state index is 9.75. The van der Waals surface area contributed by atoms with Gasteiger partial charge in [-0.05, 0) is 165 Å². The van der Waals surface area contributed by atoms with E-state index in [4.69, 9.17) is 14.3 Å². The van der Waals surface area contributed by atoms with Gasteiger partial charge in [0.1, 0.15) is 33.3 Å². The van der Waals surface area contributed by atoms with Gasteiger partial charge in [0.15, 0.2) is 0 Å². The van der Waals surface area contributed by atoms with Gasteiger partial charge in [0.2, 0.25) is 0 Å². The third-order valence-corrected chi connectivity index (χ3v) is 21.6. The third kappa shape index (κ3) is 9.93. The van der Waals surface area contributed by atoms with Crippen LogP contribution in [0.5, 0.6) is 0 Å². The summed E-state index contributed by atoms with van der Waals surface area (Å²) in [6, 6.07) is 0. The second-order valence-electron chi connectivity index (χ2n) is 16.1. The van der Waals surface area contributed by atoms with Crippen LogP contribution in [0.2, 0.25) is 0 Å². The summed E-state index contributed by atoms with van der Waals surface area (Å²) in [5.74, 6) is 0. The first-order valence-corrected chi connectivity index (χ1v) is 24.2. The molecule has 0 bridgehead atoms. The molecular formula is C32H72BF4N13P4. The molecule has 22 heteroatoms. The van der Waals surface area contributed by atoms with Crippen LogP contribution in [0.1, 0.15) is 19.3 Å². The quantitative estimate of drug-likeness (QED) is 0.106. The van der Waals surface area contributed by atoms with Crippen LogP contribution >= 0.6 is 32.1 Å². The summed E-state index contributed by atoms with van der Waals surface area (Å²) in [6.07, 6.45) is 6.32. The van der Waals surface area contributed by atoms with Crippen LogP contribution in [-0.4, -0.2) is 248 Å². The highest BCUT2D eigenvalue weighted by Gasteiger charge is 2.61. The largest absolute Gasteiger partial charge is 0.673 e. The van der Waals surface area contributed by atoms with E-state index in [9.17, 15) is 17.3 Å². The summed E-state index contributed by atoms with van der Waals surface area (Å²) in [5.41, 5.74) is 2.71. The number of rotatable bonds is 13. The maximum Gasteiger partial charge on any atom is 0.673 e. The molecule has 13 nitrogen and oxygen atoms in total. The molecular weight excluding hydrogens is 777 g/mol. The predicted octanol–water partition coefficient (Wildman–Crippen LogP) is 5.27. The van der Waals surface area contributed by atoms with Crippen molar-refractivity contribution in [3.8, 4) is 0 Å². The number of halogens is 4. The molecule has 3 atom stereocenters. The molecule has 0 aromatic rings. The molecule has 0 radical (unpaired) electrons. The van der Waals surface area contributed by atoms with Crippen molar-refractivity contribution in [3.05, 3.63) is 0 Å². The fraction of sp³-hybridized carbons (Fsp3) is 0.906. The van der Waals surface area contributed by atoms with Crippen LogP contribution in [0.25, 0.3) is 0 Å². The fourth-order valence-electron chi connectivity index (χ4n) is 8.08. The average Bonchev–Trinajstić information content (AvgIpc) is 3.69. The molecule has 54 heavy (non-hydrogen) atoms. The first kappa shape index (κ1) is 50.3. The lowest BCUT2D eigenvalue weighted by Crippen LogP contribution is -2.59. The van der Waals surface area contributed by atoms with E-state index < -0.39 is 39.3 Å². The number of hydrogen-bond donors (Lipinski definition) is 0. The Hall–Kier alpha value is 0.115. The summed E-state index contributed by atoms with van der Waals surface area (Å²) in [4.78, 5) is 14.3. The van der Waals surface area contributed by atoms with E-state index in [0.717, 1.165) is 37.7 Å². The van der Waals surface area contributed by atoms with Gasteiger partial charge in [0.25, 0.3) is 0 Å². The molecule has 0 saturated carbocycles. The molecule has 3 aliphatic heterocycles. The zero-order valence-corrected chi connectivity index (χ0v) is 40.5. The van der Waals surface area contributed by atoms with Crippen molar-refractivity contribution in [1.29, 1.82) is 0 Å². The van der Waals surface area contributed by atoms with Crippen molar-refractivity contribution in [2.75, 3.05) is 159 Å². The van der Waals surface area contributed by atoms with Crippen molar-refractivity contribution in [2.24, 2.45) is 14.3 Å². The van der Waals surface area contributed by atoms with Crippen LogP contribution in [-0.2, 0) is 0 Å². The monoisotopic (exact) mass is 850 g/mol. The van der Waals surface area contributed by atoms with Gasteiger partial charge in [-0.25, -0.2) is 0 Å². The van der Waals surface area contributed by atoms with Gasteiger partial charge in [-0.15, -0.1) is 4.67 Å². The minimum Gasteiger partial charge on any atom is -0.418 e. The Labute approximate surface area is 330 Å². The minimum absolute atomic E-state index is 0.331. The molecule has 3 unspecified atom stereocenters. The van der Waals surface area contributed by atoms with Crippen molar-refractivity contribution in [1.82, 2.24) is 48.1 Å². The summed E-state index contributed by atoms with van der Waals surface area (Å²) in [5, 5.41) is 0. The summed E-state index contributed by atoms with van der Waals surface area (Å²) < 4.78 is 67.1. The van der Waals surface area contributed by atoms with Crippen molar-refractivity contribution < 1.29 is 17.3 Å². The zero-order chi connectivity index (χ0) is 42.1. The van der Waals surface area contributed by atoms with Gasteiger partial charge in [0, 0.05) is 38.3 Å². The fourth-order valence-corrected chi connectivity index (χ4v) is 19.6. The normalized spacial score (nSPS) is 27.9. The summed E-state index contributed by atoms with van der Waals surface area (Å²) >= 11 is 0. The van der Waals surface area contributed by atoms with Crippen molar-refractivity contribution in [3.63, 3.8) is 0 Å². The number of nitrogens with zero attached hydrogens (tertiary/aromatic N) is 13. The Bertz CT molecular complexity index is 1170. The molecule has 0 spiro atoms. The van der Waals surface area contributed by atoms with Gasteiger partial charge in [0.05, 0.1) is 0 Å². The minimum atomic E-state index is -6.00. The molecule has 316 valence electrons. The van der Waals surface area contributed by atoms with E-state index in [1.807, 2.05) is 0 Å². The highest BCUT2D eigenvalue weighted by atomic mass is 31.2. The molecule has 0 aliphatic carbocycles. The van der Waals surface area contributed by atoms with Crippen LogP contribution in [0, 0.1) is 0 Å². The Balaban J connectivity index is 0.00000188. The van der Waals surface area contributed by atoms with Gasteiger partial charge >= 0.3 is 15.1 Å². The van der Waals surface area contributed by atoms with Gasteiger partial charge in [-0.3, -0.25) is 43.4 Å². The second-order valence-corrected chi connectivity index (χ2v) is 26.0. The third-order valence-electron chi connectivity index (χ3n) is 10.9. The number of hydrogen-bond acceptors (Lipinski definition) is 13. The molecule has 3 saturated heterocycles. The van der Waals surface area contributed by atoms with Gasteiger partial charge < -0.3 is 17.3 Å². The lowest BCUT2D eigenvalue weighted by Gasteiger charge is -2.44. The standard InChI is InChI=1S/C32H72N13P4.BF4/c1-36(2)30(37(3)4)21-24-46(42(13)14)27(30)33-49(45(19)20,34-28-31(38(5)6,39(7)8)22-25-47(28)43(15)16)35-29-32(40(9)10,41(11)12)23-26-48(29)44(17)18;2-1(3,4)5/h21-26H2,1-20H3;/q+1;-1. The lowest BCUT2D eigenvalue weighted by molar-refractivity contribution is 0.0731. The topological polar surface area (TPSA) is 69.5 Å². The van der Waals surface area contributed by atoms with Crippen LogP contribution in [0.4, 0.5) is 17.3 Å². The first-order chi connectivity index (χ1) is 24.5. The smallest absolute Gasteiger partial charge is 0.418 e. The maximum atomic E-state index is 9.75. The highest BCUT2D eigenvalue weighted by Crippen LogP contribution is 2.73. The van der Waals surface area contributed by atoms with Crippen molar-refractivity contribution in [2.45, 2.75) is 36.3 Å². The van der Waals surface area contributed by atoms with E-state index >= 15 is 0 Å². The van der Waals surface area contributed by atoms with Gasteiger partial charge in [-0.2, -0.15) is 0 Å². The SMILES string of the molecule is CN(C)P1CCC(N(C)C)(N(C)C)C1=N[P+](N=C1P(N(C)C)CCC1(N(C)C)N(C)C)(N=C1P(N(C)C)CCC1(N(C)C)N(C)C)N(C)C.F[B-](F)(F)F. The Morgan fingerprint density at radius 2 is 0.611 bits per heavy atom.